The first-order valence-corrected chi connectivity index (χ1v) is 7.91. The van der Waals surface area contributed by atoms with Gasteiger partial charge < -0.3 is 4.90 Å². The third-order valence-corrected chi connectivity index (χ3v) is 3.93. The maximum atomic E-state index is 12.9. The minimum Gasteiger partial charge on any atom is -0.308 e. The molecule has 3 rings (SSSR count). The van der Waals surface area contributed by atoms with Gasteiger partial charge in [-0.2, -0.15) is 0 Å². The molecule has 1 aromatic carbocycles. The first-order valence-electron chi connectivity index (χ1n) is 7.91. The standard InChI is InChI=1S/C18H20N4O2/c1-13(2)22(15-9-5-4-8-14(15)3)17(23)12-21-18(24)20-11-7-6-10-16(20)19-21/h4-11,13H,12H2,1-3H3. The monoisotopic (exact) mass is 324 g/mol. The van der Waals surface area contributed by atoms with Crippen molar-refractivity contribution in [1.29, 1.82) is 0 Å². The van der Waals surface area contributed by atoms with E-state index >= 15 is 0 Å². The van der Waals surface area contributed by atoms with E-state index in [9.17, 15) is 9.59 Å². The van der Waals surface area contributed by atoms with Crippen LogP contribution in [0.25, 0.3) is 5.65 Å². The van der Waals surface area contributed by atoms with Crippen LogP contribution < -0.4 is 10.6 Å². The fraction of sp³-hybridized carbons (Fsp3) is 0.278. The highest BCUT2D eigenvalue weighted by Gasteiger charge is 2.22. The molecule has 0 atom stereocenters. The molecule has 0 aliphatic heterocycles. The molecule has 0 spiro atoms. The minimum absolute atomic E-state index is 0.0219. The summed E-state index contributed by atoms with van der Waals surface area (Å²) in [7, 11) is 0. The maximum absolute atomic E-state index is 12.9. The van der Waals surface area contributed by atoms with Crippen molar-refractivity contribution in [3.63, 3.8) is 0 Å². The Morgan fingerprint density at radius 1 is 1.17 bits per heavy atom. The molecule has 0 aliphatic carbocycles. The highest BCUT2D eigenvalue weighted by Crippen LogP contribution is 2.22. The van der Waals surface area contributed by atoms with Crippen molar-refractivity contribution in [1.82, 2.24) is 14.2 Å². The van der Waals surface area contributed by atoms with Gasteiger partial charge in [-0.15, -0.1) is 5.10 Å². The van der Waals surface area contributed by atoms with E-state index in [-0.39, 0.29) is 24.2 Å². The molecule has 0 radical (unpaired) electrons. The third kappa shape index (κ3) is 2.82. The lowest BCUT2D eigenvalue weighted by atomic mass is 10.1. The molecule has 0 unspecified atom stereocenters. The molecule has 0 saturated heterocycles. The molecule has 0 saturated carbocycles. The number of amides is 1. The lowest BCUT2D eigenvalue weighted by molar-refractivity contribution is -0.119. The first kappa shape index (κ1) is 16.0. The number of nitrogens with zero attached hydrogens (tertiary/aromatic N) is 4. The maximum Gasteiger partial charge on any atom is 0.350 e. The van der Waals surface area contributed by atoms with Crippen LogP contribution in [-0.4, -0.2) is 26.1 Å². The smallest absolute Gasteiger partial charge is 0.308 e. The van der Waals surface area contributed by atoms with Crippen LogP contribution in [0.4, 0.5) is 5.69 Å². The van der Waals surface area contributed by atoms with Gasteiger partial charge in [0.1, 0.15) is 6.54 Å². The number of aryl methyl sites for hydroxylation is 1. The molecule has 6 heteroatoms. The Balaban J connectivity index is 1.95. The molecule has 124 valence electrons. The Kier molecular flexibility index (Phi) is 4.20. The van der Waals surface area contributed by atoms with Crippen LogP contribution in [0.2, 0.25) is 0 Å². The second kappa shape index (κ2) is 6.31. The Labute approximate surface area is 139 Å². The van der Waals surface area contributed by atoms with Gasteiger partial charge in [0.2, 0.25) is 5.91 Å². The van der Waals surface area contributed by atoms with Crippen molar-refractivity contribution in [3.05, 3.63) is 64.7 Å². The number of carbonyl (C=O) groups excluding carboxylic acids is 1. The van der Waals surface area contributed by atoms with Crippen molar-refractivity contribution < 1.29 is 4.79 Å². The van der Waals surface area contributed by atoms with E-state index in [4.69, 9.17) is 0 Å². The number of hydrogen-bond acceptors (Lipinski definition) is 3. The Bertz CT molecular complexity index is 939. The van der Waals surface area contributed by atoms with Crippen molar-refractivity contribution in [2.45, 2.75) is 33.4 Å². The van der Waals surface area contributed by atoms with Crippen molar-refractivity contribution >= 4 is 17.2 Å². The van der Waals surface area contributed by atoms with Gasteiger partial charge in [0.05, 0.1) is 0 Å². The number of anilines is 1. The van der Waals surface area contributed by atoms with Gasteiger partial charge in [-0.25, -0.2) is 9.48 Å². The second-order valence-electron chi connectivity index (χ2n) is 6.01. The van der Waals surface area contributed by atoms with E-state index in [1.54, 1.807) is 23.2 Å². The van der Waals surface area contributed by atoms with Gasteiger partial charge in [-0.3, -0.25) is 9.20 Å². The van der Waals surface area contributed by atoms with Crippen LogP contribution in [0.5, 0.6) is 0 Å². The summed E-state index contributed by atoms with van der Waals surface area (Å²) in [6, 6.07) is 13.0. The van der Waals surface area contributed by atoms with Gasteiger partial charge in [-0.05, 0) is 44.5 Å². The predicted octanol–water partition coefficient (Wildman–Crippen LogP) is 2.25. The SMILES string of the molecule is Cc1ccccc1N(C(=O)Cn1nc2ccccn2c1=O)C(C)C. The van der Waals surface area contributed by atoms with E-state index in [2.05, 4.69) is 5.10 Å². The zero-order chi connectivity index (χ0) is 17.3. The van der Waals surface area contributed by atoms with Gasteiger partial charge in [0.15, 0.2) is 5.65 Å². The first-order chi connectivity index (χ1) is 11.5. The minimum atomic E-state index is -0.313. The number of benzene rings is 1. The number of pyridine rings is 1. The summed E-state index contributed by atoms with van der Waals surface area (Å²) in [6.07, 6.45) is 1.65. The molecular formula is C18H20N4O2. The van der Waals surface area contributed by atoms with Crippen LogP contribution in [0.1, 0.15) is 19.4 Å². The predicted molar refractivity (Wildman–Crippen MR) is 93.3 cm³/mol. The molecule has 0 bridgehead atoms. The van der Waals surface area contributed by atoms with Gasteiger partial charge >= 0.3 is 5.69 Å². The average Bonchev–Trinajstić information content (AvgIpc) is 2.86. The topological polar surface area (TPSA) is 59.6 Å². The largest absolute Gasteiger partial charge is 0.350 e. The number of para-hydroxylation sites is 1. The van der Waals surface area contributed by atoms with Gasteiger partial charge in [0, 0.05) is 17.9 Å². The molecule has 6 nitrogen and oxygen atoms in total. The average molecular weight is 324 g/mol. The van der Waals surface area contributed by atoms with E-state index < -0.39 is 0 Å². The summed E-state index contributed by atoms with van der Waals surface area (Å²) in [5.41, 5.74) is 2.09. The van der Waals surface area contributed by atoms with Crippen LogP contribution in [0.3, 0.4) is 0 Å². The van der Waals surface area contributed by atoms with E-state index in [1.807, 2.05) is 51.1 Å². The lowest BCUT2D eigenvalue weighted by Crippen LogP contribution is -2.41. The zero-order valence-corrected chi connectivity index (χ0v) is 14.0. The number of carbonyl (C=O) groups is 1. The summed E-state index contributed by atoms with van der Waals surface area (Å²) in [6.45, 7) is 5.79. The summed E-state index contributed by atoms with van der Waals surface area (Å²) in [5.74, 6) is -0.162. The summed E-state index contributed by atoms with van der Waals surface area (Å²) >= 11 is 0. The number of fused-ring (bicyclic) bond motifs is 1. The molecule has 3 aromatic rings. The fourth-order valence-corrected chi connectivity index (χ4v) is 2.81. The van der Waals surface area contributed by atoms with E-state index in [1.165, 1.54) is 9.08 Å². The summed E-state index contributed by atoms with van der Waals surface area (Å²) in [4.78, 5) is 26.9. The van der Waals surface area contributed by atoms with Crippen LogP contribution >= 0.6 is 0 Å². The van der Waals surface area contributed by atoms with Crippen molar-refractivity contribution in [3.8, 4) is 0 Å². The fourth-order valence-electron chi connectivity index (χ4n) is 2.81. The Morgan fingerprint density at radius 2 is 1.88 bits per heavy atom. The quantitative estimate of drug-likeness (QED) is 0.739. The van der Waals surface area contributed by atoms with E-state index in [0.717, 1.165) is 11.3 Å². The van der Waals surface area contributed by atoms with E-state index in [0.29, 0.717) is 5.65 Å². The molecule has 2 aromatic heterocycles. The highest BCUT2D eigenvalue weighted by molar-refractivity contribution is 5.94. The van der Waals surface area contributed by atoms with Crippen molar-refractivity contribution in [2.75, 3.05) is 4.90 Å². The van der Waals surface area contributed by atoms with Crippen molar-refractivity contribution in [2.24, 2.45) is 0 Å². The lowest BCUT2D eigenvalue weighted by Gasteiger charge is -2.28. The molecule has 0 fully saturated rings. The molecule has 1 amide bonds. The molecule has 24 heavy (non-hydrogen) atoms. The normalized spacial score (nSPS) is 11.2. The van der Waals surface area contributed by atoms with Gasteiger partial charge in [-0.1, -0.05) is 24.3 Å². The Morgan fingerprint density at radius 3 is 2.54 bits per heavy atom. The number of hydrogen-bond donors (Lipinski definition) is 0. The van der Waals surface area contributed by atoms with Crippen LogP contribution in [-0.2, 0) is 11.3 Å². The molecule has 0 aliphatic rings. The molecule has 2 heterocycles. The molecule has 0 N–H and O–H groups in total. The Hall–Kier alpha value is -2.89. The van der Waals surface area contributed by atoms with Gasteiger partial charge in [0.25, 0.3) is 0 Å². The van der Waals surface area contributed by atoms with Crippen LogP contribution in [0, 0.1) is 6.92 Å². The molecular weight excluding hydrogens is 304 g/mol. The van der Waals surface area contributed by atoms with Crippen LogP contribution in [0.15, 0.2) is 53.5 Å². The highest BCUT2D eigenvalue weighted by atomic mass is 16.2. The zero-order valence-electron chi connectivity index (χ0n) is 14.0. The third-order valence-electron chi connectivity index (χ3n) is 3.93. The second-order valence-corrected chi connectivity index (χ2v) is 6.01. The summed E-state index contributed by atoms with van der Waals surface area (Å²) < 4.78 is 2.64. The number of aromatic nitrogens is 3. The summed E-state index contributed by atoms with van der Waals surface area (Å²) in [5, 5.41) is 4.23. The number of rotatable bonds is 4.